The van der Waals surface area contributed by atoms with Crippen LogP contribution < -0.4 is 5.32 Å². The van der Waals surface area contributed by atoms with Crippen LogP contribution in [0.3, 0.4) is 0 Å². The third kappa shape index (κ3) is 1.18. The summed E-state index contributed by atoms with van der Waals surface area (Å²) >= 11 is 0. The predicted octanol–water partition coefficient (Wildman–Crippen LogP) is 0.775. The summed E-state index contributed by atoms with van der Waals surface area (Å²) < 4.78 is 2.02. The van der Waals surface area contributed by atoms with Crippen molar-refractivity contribution in [3.63, 3.8) is 0 Å². The van der Waals surface area contributed by atoms with Gasteiger partial charge in [0.25, 0.3) is 0 Å². The maximum atomic E-state index is 4.20. The van der Waals surface area contributed by atoms with Gasteiger partial charge in [0, 0.05) is 24.9 Å². The van der Waals surface area contributed by atoms with Gasteiger partial charge in [0.2, 0.25) is 0 Å². The zero-order valence-corrected chi connectivity index (χ0v) is 8.42. The molecule has 3 rings (SSSR count). The summed E-state index contributed by atoms with van der Waals surface area (Å²) in [5.41, 5.74) is 1.42. The Kier molecular flexibility index (Phi) is 2.08. The Morgan fingerprint density at radius 3 is 2.69 bits per heavy atom. The molecule has 0 aromatic carbocycles. The first-order valence-electron chi connectivity index (χ1n) is 4.56. The zero-order valence-electron chi connectivity index (χ0n) is 7.60. The highest BCUT2D eigenvalue weighted by atomic mass is 35.5. The maximum absolute atomic E-state index is 4.20. The Hall–Kier alpha value is -0.540. The molecule has 1 aromatic heterocycles. The van der Waals surface area contributed by atoms with E-state index >= 15 is 0 Å². The monoisotopic (exact) mass is 199 g/mol. The van der Waals surface area contributed by atoms with Gasteiger partial charge in [0.15, 0.2) is 0 Å². The van der Waals surface area contributed by atoms with Gasteiger partial charge >= 0.3 is 0 Å². The van der Waals surface area contributed by atoms with Crippen LogP contribution in [0, 0.1) is 11.8 Å². The van der Waals surface area contributed by atoms with Crippen LogP contribution in [0.25, 0.3) is 0 Å². The van der Waals surface area contributed by atoms with E-state index < -0.39 is 0 Å². The average molecular weight is 200 g/mol. The van der Waals surface area contributed by atoms with Crippen molar-refractivity contribution in [3.05, 3.63) is 18.0 Å². The number of aryl methyl sites for hydroxylation is 1. The number of rotatable bonds is 1. The van der Waals surface area contributed by atoms with Crippen molar-refractivity contribution < 1.29 is 0 Å². The van der Waals surface area contributed by atoms with Gasteiger partial charge in [0.1, 0.15) is 0 Å². The highest BCUT2D eigenvalue weighted by Gasteiger charge is 2.54. The molecule has 2 aliphatic rings. The number of piperidine rings is 1. The molecule has 1 saturated heterocycles. The quantitative estimate of drug-likeness (QED) is 0.725. The second-order valence-electron chi connectivity index (χ2n) is 3.89. The molecular weight excluding hydrogens is 186 g/mol. The van der Waals surface area contributed by atoms with Gasteiger partial charge in [-0.25, -0.2) is 0 Å². The van der Waals surface area contributed by atoms with Crippen LogP contribution in [-0.4, -0.2) is 22.9 Å². The van der Waals surface area contributed by atoms with Crippen LogP contribution in [0.1, 0.15) is 11.6 Å². The lowest BCUT2D eigenvalue weighted by atomic mass is 10.2. The summed E-state index contributed by atoms with van der Waals surface area (Å²) in [6.07, 6.45) is 1.90. The smallest absolute Gasteiger partial charge is 0.0492 e. The first-order valence-corrected chi connectivity index (χ1v) is 4.56. The molecule has 1 unspecified atom stereocenters. The molecule has 0 radical (unpaired) electrons. The van der Waals surface area contributed by atoms with Crippen LogP contribution in [-0.2, 0) is 7.05 Å². The summed E-state index contributed by atoms with van der Waals surface area (Å²) in [5, 5.41) is 7.60. The maximum Gasteiger partial charge on any atom is 0.0492 e. The number of hydrogen-bond acceptors (Lipinski definition) is 2. The number of halogens is 1. The Bertz CT molecular complexity index is 300. The summed E-state index contributed by atoms with van der Waals surface area (Å²) in [6, 6.07) is 2.16. The molecule has 1 saturated carbocycles. The van der Waals surface area contributed by atoms with E-state index in [0.29, 0.717) is 0 Å². The van der Waals surface area contributed by atoms with E-state index in [2.05, 4.69) is 16.5 Å². The van der Waals surface area contributed by atoms with Crippen LogP contribution in [0.2, 0.25) is 0 Å². The van der Waals surface area contributed by atoms with E-state index in [9.17, 15) is 0 Å². The Morgan fingerprint density at radius 2 is 2.15 bits per heavy atom. The molecule has 3 atom stereocenters. The number of nitrogens with zero attached hydrogens (tertiary/aromatic N) is 2. The summed E-state index contributed by atoms with van der Waals surface area (Å²) in [7, 11) is 2.04. The van der Waals surface area contributed by atoms with Crippen molar-refractivity contribution in [3.8, 4) is 0 Å². The molecule has 1 aromatic rings. The Labute approximate surface area is 83.9 Å². The highest BCUT2D eigenvalue weighted by Crippen LogP contribution is 2.55. The minimum atomic E-state index is 0. The van der Waals surface area contributed by atoms with E-state index in [4.69, 9.17) is 0 Å². The number of nitrogens with one attached hydrogen (secondary N) is 1. The molecule has 13 heavy (non-hydrogen) atoms. The topological polar surface area (TPSA) is 29.9 Å². The summed E-state index contributed by atoms with van der Waals surface area (Å²) in [5.74, 6) is 2.61. The third-order valence-electron chi connectivity index (χ3n) is 3.29. The fraction of sp³-hybridized carbons (Fsp3) is 0.667. The van der Waals surface area contributed by atoms with Crippen LogP contribution in [0.15, 0.2) is 12.3 Å². The molecule has 0 spiro atoms. The largest absolute Gasteiger partial charge is 0.316 e. The molecule has 1 aliphatic carbocycles. The number of hydrogen-bond donors (Lipinski definition) is 1. The SMILES string of the molecule is Cl.Cn1nccc1C1[C@H]2CNC[C@@H]12. The van der Waals surface area contributed by atoms with Gasteiger partial charge in [-0.15, -0.1) is 12.4 Å². The molecule has 3 nitrogen and oxygen atoms in total. The molecule has 1 aliphatic heterocycles. The van der Waals surface area contributed by atoms with Crippen molar-refractivity contribution in [1.29, 1.82) is 0 Å². The van der Waals surface area contributed by atoms with Crippen LogP contribution in [0.5, 0.6) is 0 Å². The van der Waals surface area contributed by atoms with Crippen molar-refractivity contribution in [2.45, 2.75) is 5.92 Å². The fourth-order valence-corrected chi connectivity index (χ4v) is 2.57. The van der Waals surface area contributed by atoms with Crippen molar-refractivity contribution in [2.75, 3.05) is 13.1 Å². The predicted molar refractivity (Wildman–Crippen MR) is 53.0 cm³/mol. The second kappa shape index (κ2) is 3.00. The van der Waals surface area contributed by atoms with Gasteiger partial charge in [-0.1, -0.05) is 0 Å². The molecule has 4 heteroatoms. The van der Waals surface area contributed by atoms with Crippen molar-refractivity contribution >= 4 is 12.4 Å². The molecule has 0 bridgehead atoms. The lowest BCUT2D eigenvalue weighted by molar-refractivity contribution is 0.631. The van der Waals surface area contributed by atoms with Crippen LogP contribution >= 0.6 is 12.4 Å². The molecule has 72 valence electrons. The standard InChI is InChI=1S/C9H13N3.ClH/c1-12-8(2-3-11-12)9-6-4-10-5-7(6)9;/h2-3,6-7,9-10H,4-5H2,1H3;1H/t6-,7+,9?;. The van der Waals surface area contributed by atoms with E-state index in [1.54, 1.807) is 0 Å². The van der Waals surface area contributed by atoms with Gasteiger partial charge in [-0.05, 0) is 31.0 Å². The van der Waals surface area contributed by atoms with E-state index in [-0.39, 0.29) is 12.4 Å². The third-order valence-corrected chi connectivity index (χ3v) is 3.29. The van der Waals surface area contributed by atoms with Gasteiger partial charge in [0.05, 0.1) is 0 Å². The molecule has 2 heterocycles. The minimum Gasteiger partial charge on any atom is -0.316 e. The summed E-state index contributed by atoms with van der Waals surface area (Å²) in [6.45, 7) is 2.42. The normalized spacial score (nSPS) is 35.3. The number of aromatic nitrogens is 2. The first-order chi connectivity index (χ1) is 5.88. The molecule has 0 amide bonds. The average Bonchev–Trinajstić information content (AvgIpc) is 2.56. The minimum absolute atomic E-state index is 0. The number of fused-ring (bicyclic) bond motifs is 1. The van der Waals surface area contributed by atoms with Gasteiger partial charge < -0.3 is 5.32 Å². The molecular formula is C9H14ClN3. The zero-order chi connectivity index (χ0) is 8.13. The van der Waals surface area contributed by atoms with E-state index in [1.807, 2.05) is 17.9 Å². The van der Waals surface area contributed by atoms with Gasteiger partial charge in [-0.3, -0.25) is 4.68 Å². The van der Waals surface area contributed by atoms with Crippen molar-refractivity contribution in [1.82, 2.24) is 15.1 Å². The lowest BCUT2D eigenvalue weighted by Gasteiger charge is -2.03. The van der Waals surface area contributed by atoms with Crippen LogP contribution in [0.4, 0.5) is 0 Å². The highest BCUT2D eigenvalue weighted by molar-refractivity contribution is 5.85. The molecule has 1 N–H and O–H groups in total. The van der Waals surface area contributed by atoms with E-state index in [1.165, 1.54) is 18.8 Å². The molecule has 2 fully saturated rings. The van der Waals surface area contributed by atoms with Gasteiger partial charge in [-0.2, -0.15) is 5.10 Å². The fourth-order valence-electron chi connectivity index (χ4n) is 2.57. The second-order valence-corrected chi connectivity index (χ2v) is 3.89. The Balaban J connectivity index is 0.000000653. The lowest BCUT2D eigenvalue weighted by Crippen LogP contribution is -2.15. The van der Waals surface area contributed by atoms with E-state index in [0.717, 1.165) is 17.8 Å². The van der Waals surface area contributed by atoms with Crippen molar-refractivity contribution in [2.24, 2.45) is 18.9 Å². The summed E-state index contributed by atoms with van der Waals surface area (Å²) in [4.78, 5) is 0. The Morgan fingerprint density at radius 1 is 1.46 bits per heavy atom. The first kappa shape index (κ1) is 9.03.